The zero-order valence-corrected chi connectivity index (χ0v) is 12.9. The third-order valence-corrected chi connectivity index (χ3v) is 5.59. The normalized spacial score (nSPS) is 37.3. The van der Waals surface area contributed by atoms with Gasteiger partial charge in [-0.15, -0.1) is 0 Å². The highest BCUT2D eigenvalue weighted by Crippen LogP contribution is 2.48. The Balaban J connectivity index is 1.97. The minimum absolute atomic E-state index is 0.182. The topological polar surface area (TPSA) is 9.23 Å². The summed E-state index contributed by atoms with van der Waals surface area (Å²) in [6, 6.07) is 0. The number of ether oxygens (including phenoxy) is 1. The standard InChI is InChI=1S/C17H32O/c1-5-16(2,3)13-18-17(4)12-14-9-7-6-8-10-15(17)11-14/h14-15H,5-13H2,1-4H3. The van der Waals surface area contributed by atoms with E-state index in [2.05, 4.69) is 27.7 Å². The Kier molecular flexibility index (Phi) is 4.41. The van der Waals surface area contributed by atoms with Gasteiger partial charge in [0.25, 0.3) is 0 Å². The first-order valence-electron chi connectivity index (χ1n) is 8.09. The fraction of sp³-hybridized carbons (Fsp3) is 1.00. The van der Waals surface area contributed by atoms with Gasteiger partial charge in [0.15, 0.2) is 0 Å². The lowest BCUT2D eigenvalue weighted by Crippen LogP contribution is -2.36. The minimum Gasteiger partial charge on any atom is -0.374 e. The van der Waals surface area contributed by atoms with Gasteiger partial charge in [0, 0.05) is 0 Å². The van der Waals surface area contributed by atoms with Crippen LogP contribution in [-0.4, -0.2) is 12.2 Å². The predicted octanol–water partition coefficient (Wildman–Crippen LogP) is 5.19. The molecule has 0 spiro atoms. The van der Waals surface area contributed by atoms with Crippen LogP contribution in [-0.2, 0) is 4.74 Å². The molecule has 18 heavy (non-hydrogen) atoms. The van der Waals surface area contributed by atoms with E-state index in [1.165, 1.54) is 51.4 Å². The van der Waals surface area contributed by atoms with Crippen molar-refractivity contribution in [2.45, 2.75) is 84.7 Å². The van der Waals surface area contributed by atoms with Crippen LogP contribution in [0.5, 0.6) is 0 Å². The van der Waals surface area contributed by atoms with Crippen LogP contribution in [0.3, 0.4) is 0 Å². The average molecular weight is 252 g/mol. The molecule has 0 saturated heterocycles. The number of hydrogen-bond acceptors (Lipinski definition) is 1. The Bertz CT molecular complexity index is 271. The highest BCUT2D eigenvalue weighted by Gasteiger charge is 2.45. The Morgan fingerprint density at radius 3 is 2.61 bits per heavy atom. The zero-order valence-electron chi connectivity index (χ0n) is 12.9. The van der Waals surface area contributed by atoms with Gasteiger partial charge in [-0.25, -0.2) is 0 Å². The van der Waals surface area contributed by atoms with Crippen LogP contribution in [0.1, 0.15) is 79.1 Å². The van der Waals surface area contributed by atoms with Crippen LogP contribution in [0.15, 0.2) is 0 Å². The second kappa shape index (κ2) is 5.53. The van der Waals surface area contributed by atoms with Crippen LogP contribution >= 0.6 is 0 Å². The van der Waals surface area contributed by atoms with Gasteiger partial charge in [0.05, 0.1) is 12.2 Å². The van der Waals surface area contributed by atoms with Crippen molar-refractivity contribution in [2.24, 2.45) is 17.3 Å². The monoisotopic (exact) mass is 252 g/mol. The van der Waals surface area contributed by atoms with Gasteiger partial charge in [-0.05, 0) is 49.9 Å². The number of fused-ring (bicyclic) bond motifs is 2. The van der Waals surface area contributed by atoms with Crippen LogP contribution in [0, 0.1) is 17.3 Å². The third kappa shape index (κ3) is 3.29. The molecule has 0 aromatic rings. The molecule has 3 unspecified atom stereocenters. The van der Waals surface area contributed by atoms with E-state index in [0.29, 0.717) is 5.41 Å². The van der Waals surface area contributed by atoms with Gasteiger partial charge >= 0.3 is 0 Å². The van der Waals surface area contributed by atoms with E-state index in [9.17, 15) is 0 Å². The summed E-state index contributed by atoms with van der Waals surface area (Å²) in [6.45, 7) is 10.3. The van der Waals surface area contributed by atoms with Crippen LogP contribution in [0.25, 0.3) is 0 Å². The van der Waals surface area contributed by atoms with Gasteiger partial charge in [-0.3, -0.25) is 0 Å². The summed E-state index contributed by atoms with van der Waals surface area (Å²) in [5, 5.41) is 0. The molecular weight excluding hydrogens is 220 g/mol. The van der Waals surface area contributed by atoms with Gasteiger partial charge < -0.3 is 4.74 Å². The van der Waals surface area contributed by atoms with Crippen molar-refractivity contribution in [1.82, 2.24) is 0 Å². The molecule has 0 aromatic carbocycles. The molecule has 2 bridgehead atoms. The molecule has 2 aliphatic rings. The molecule has 3 atom stereocenters. The van der Waals surface area contributed by atoms with Crippen LogP contribution < -0.4 is 0 Å². The Labute approximate surface area is 114 Å². The summed E-state index contributed by atoms with van der Waals surface area (Å²) in [4.78, 5) is 0. The summed E-state index contributed by atoms with van der Waals surface area (Å²) in [7, 11) is 0. The van der Waals surface area contributed by atoms with E-state index in [1.807, 2.05) is 0 Å². The fourth-order valence-electron chi connectivity index (χ4n) is 3.76. The van der Waals surface area contributed by atoms with Crippen molar-refractivity contribution in [3.8, 4) is 0 Å². The highest BCUT2D eigenvalue weighted by molar-refractivity contribution is 4.95. The summed E-state index contributed by atoms with van der Waals surface area (Å²) in [5.41, 5.74) is 0.521. The molecule has 106 valence electrons. The number of rotatable bonds is 4. The van der Waals surface area contributed by atoms with Gasteiger partial charge in [0.2, 0.25) is 0 Å². The highest BCUT2D eigenvalue weighted by atomic mass is 16.5. The molecule has 0 radical (unpaired) electrons. The largest absolute Gasteiger partial charge is 0.374 e. The fourth-order valence-corrected chi connectivity index (χ4v) is 3.76. The van der Waals surface area contributed by atoms with Crippen molar-refractivity contribution in [3.63, 3.8) is 0 Å². The zero-order chi connectivity index (χ0) is 13.2. The quantitative estimate of drug-likeness (QED) is 0.669. The first-order chi connectivity index (χ1) is 8.45. The summed E-state index contributed by atoms with van der Waals surface area (Å²) in [6.07, 6.45) is 11.1. The SMILES string of the molecule is CCC(C)(C)COC1(C)CC2CCCCCC1C2. The van der Waals surface area contributed by atoms with Gasteiger partial charge in [0.1, 0.15) is 0 Å². The first-order valence-corrected chi connectivity index (χ1v) is 8.09. The lowest BCUT2D eigenvalue weighted by Gasteiger charge is -2.35. The van der Waals surface area contributed by atoms with Crippen molar-refractivity contribution >= 4 is 0 Å². The Morgan fingerprint density at radius 2 is 1.89 bits per heavy atom. The minimum atomic E-state index is 0.182. The maximum atomic E-state index is 6.47. The molecule has 0 aliphatic heterocycles. The van der Waals surface area contributed by atoms with Crippen molar-refractivity contribution in [1.29, 1.82) is 0 Å². The van der Waals surface area contributed by atoms with Gasteiger partial charge in [-0.2, -0.15) is 0 Å². The molecule has 0 heterocycles. The Hall–Kier alpha value is -0.0400. The van der Waals surface area contributed by atoms with E-state index >= 15 is 0 Å². The molecule has 1 heteroatoms. The van der Waals surface area contributed by atoms with Crippen molar-refractivity contribution in [3.05, 3.63) is 0 Å². The average Bonchev–Trinajstić information content (AvgIpc) is 2.64. The second-order valence-corrected chi connectivity index (χ2v) is 7.76. The van der Waals surface area contributed by atoms with E-state index < -0.39 is 0 Å². The predicted molar refractivity (Wildman–Crippen MR) is 77.7 cm³/mol. The van der Waals surface area contributed by atoms with Crippen molar-refractivity contribution in [2.75, 3.05) is 6.61 Å². The molecule has 1 nitrogen and oxygen atoms in total. The molecule has 2 fully saturated rings. The van der Waals surface area contributed by atoms with E-state index in [1.54, 1.807) is 0 Å². The van der Waals surface area contributed by atoms with E-state index in [4.69, 9.17) is 4.74 Å². The molecule has 0 amide bonds. The van der Waals surface area contributed by atoms with Crippen LogP contribution in [0.4, 0.5) is 0 Å². The maximum absolute atomic E-state index is 6.47. The summed E-state index contributed by atoms with van der Waals surface area (Å²) < 4.78 is 6.47. The third-order valence-electron chi connectivity index (χ3n) is 5.59. The van der Waals surface area contributed by atoms with Crippen LogP contribution in [0.2, 0.25) is 0 Å². The summed E-state index contributed by atoms with van der Waals surface area (Å²) in [5.74, 6) is 1.78. The van der Waals surface area contributed by atoms with E-state index in [-0.39, 0.29) is 5.60 Å². The van der Waals surface area contributed by atoms with E-state index in [0.717, 1.165) is 18.4 Å². The summed E-state index contributed by atoms with van der Waals surface area (Å²) >= 11 is 0. The smallest absolute Gasteiger partial charge is 0.0685 e. The molecule has 2 rings (SSSR count). The molecule has 2 aliphatic carbocycles. The number of hydrogen-bond donors (Lipinski definition) is 0. The maximum Gasteiger partial charge on any atom is 0.0685 e. The lowest BCUT2D eigenvalue weighted by molar-refractivity contribution is -0.0913. The second-order valence-electron chi connectivity index (χ2n) is 7.76. The lowest BCUT2D eigenvalue weighted by atomic mass is 9.86. The molecule has 2 saturated carbocycles. The van der Waals surface area contributed by atoms with Crippen molar-refractivity contribution < 1.29 is 4.74 Å². The molecule has 0 N–H and O–H groups in total. The molecular formula is C17H32O. The molecule has 0 aromatic heterocycles. The van der Waals surface area contributed by atoms with Gasteiger partial charge in [-0.1, -0.05) is 46.5 Å². The first kappa shape index (κ1) is 14.4. The Morgan fingerprint density at radius 1 is 1.17 bits per heavy atom.